The molecule has 0 aliphatic heterocycles. The summed E-state index contributed by atoms with van der Waals surface area (Å²) < 4.78 is 0. The van der Waals surface area contributed by atoms with E-state index >= 15 is 0 Å². The van der Waals surface area contributed by atoms with Crippen molar-refractivity contribution < 1.29 is 0 Å². The molecule has 0 saturated heterocycles. The molecule has 1 radical (unpaired) electrons. The van der Waals surface area contributed by atoms with Gasteiger partial charge in [-0.25, -0.2) is 0 Å². The number of aryl methyl sites for hydroxylation is 2. The zero-order valence-electron chi connectivity index (χ0n) is 13.9. The van der Waals surface area contributed by atoms with Gasteiger partial charge in [0.1, 0.15) is 0 Å². The van der Waals surface area contributed by atoms with Crippen molar-refractivity contribution in [3.05, 3.63) is 41.3 Å². The topological polar surface area (TPSA) is 0 Å². The van der Waals surface area contributed by atoms with E-state index in [9.17, 15) is 0 Å². The Morgan fingerprint density at radius 2 is 1.20 bits per heavy atom. The fourth-order valence-corrected chi connectivity index (χ4v) is 2.87. The van der Waals surface area contributed by atoms with Crippen LogP contribution in [-0.2, 0) is 25.7 Å². The van der Waals surface area contributed by atoms with Gasteiger partial charge in [0.15, 0.2) is 0 Å². The van der Waals surface area contributed by atoms with E-state index in [0.717, 1.165) is 6.42 Å². The van der Waals surface area contributed by atoms with Gasteiger partial charge in [0.05, 0.1) is 0 Å². The summed E-state index contributed by atoms with van der Waals surface area (Å²) in [5.41, 5.74) is 6.34. The maximum Gasteiger partial charge on any atom is -0.0274 e. The van der Waals surface area contributed by atoms with Gasteiger partial charge in [0.25, 0.3) is 0 Å². The fourth-order valence-electron chi connectivity index (χ4n) is 2.87. The predicted molar refractivity (Wildman–Crippen MR) is 91.3 cm³/mol. The highest BCUT2D eigenvalue weighted by atomic mass is 14.2. The Kier molecular flexibility index (Phi) is 8.65. The van der Waals surface area contributed by atoms with E-state index in [4.69, 9.17) is 0 Å². The van der Waals surface area contributed by atoms with E-state index < -0.39 is 0 Å². The average Bonchev–Trinajstić information content (AvgIpc) is 2.48. The van der Waals surface area contributed by atoms with Crippen molar-refractivity contribution in [1.29, 1.82) is 0 Å². The van der Waals surface area contributed by atoms with Crippen molar-refractivity contribution in [3.63, 3.8) is 0 Å². The number of hydrogen-bond acceptors (Lipinski definition) is 0. The van der Waals surface area contributed by atoms with Crippen LogP contribution in [0.25, 0.3) is 0 Å². The Bertz CT molecular complexity index is 347. The minimum absolute atomic E-state index is 0.923. The van der Waals surface area contributed by atoms with E-state index in [0.29, 0.717) is 0 Å². The second-order valence-corrected chi connectivity index (χ2v) is 5.95. The average molecular weight is 273 g/mol. The maximum absolute atomic E-state index is 4.09. The molecule has 1 aromatic rings. The molecule has 0 atom stereocenters. The molecule has 0 fully saturated rings. The molecule has 0 saturated carbocycles. The van der Waals surface area contributed by atoms with Crippen LogP contribution in [0.15, 0.2) is 12.1 Å². The molecule has 0 aliphatic carbocycles. The van der Waals surface area contributed by atoms with Crippen LogP contribution in [0.3, 0.4) is 0 Å². The van der Waals surface area contributed by atoms with Gasteiger partial charge in [-0.2, -0.15) is 0 Å². The minimum atomic E-state index is 0.923. The molecule has 0 heteroatoms. The number of rotatable bonds is 10. The van der Waals surface area contributed by atoms with Crippen LogP contribution < -0.4 is 0 Å². The highest BCUT2D eigenvalue weighted by Crippen LogP contribution is 2.24. The molecule has 113 valence electrons. The molecule has 0 spiro atoms. The van der Waals surface area contributed by atoms with Gasteiger partial charge in [-0.15, -0.1) is 0 Å². The molecule has 0 heterocycles. The van der Waals surface area contributed by atoms with Gasteiger partial charge in [-0.05, 0) is 74.1 Å². The van der Waals surface area contributed by atoms with Crippen molar-refractivity contribution in [2.24, 2.45) is 0 Å². The molecule has 0 bridgehead atoms. The molecular formula is C20H33. The third kappa shape index (κ3) is 5.31. The highest BCUT2D eigenvalue weighted by Gasteiger charge is 2.10. The molecular weight excluding hydrogens is 240 g/mol. The molecule has 0 N–H and O–H groups in total. The zero-order chi connectivity index (χ0) is 14.8. The highest BCUT2D eigenvalue weighted by molar-refractivity contribution is 5.40. The third-order valence-corrected chi connectivity index (χ3v) is 4.16. The van der Waals surface area contributed by atoms with Crippen LogP contribution >= 0.6 is 0 Å². The van der Waals surface area contributed by atoms with Crippen molar-refractivity contribution in [2.75, 3.05) is 0 Å². The van der Waals surface area contributed by atoms with E-state index in [-0.39, 0.29) is 0 Å². The minimum Gasteiger partial charge on any atom is -0.0654 e. The normalized spacial score (nSPS) is 11.0. The predicted octanol–water partition coefficient (Wildman–Crippen LogP) is 6.09. The third-order valence-electron chi connectivity index (χ3n) is 4.16. The first-order chi connectivity index (χ1) is 9.76. The van der Waals surface area contributed by atoms with Crippen molar-refractivity contribution >= 4 is 0 Å². The molecule has 0 aromatic heterocycles. The Hall–Kier alpha value is -0.780. The Balaban J connectivity index is 3.06. The lowest BCUT2D eigenvalue weighted by atomic mass is 9.88. The largest absolute Gasteiger partial charge is 0.0654 e. The first-order valence-corrected chi connectivity index (χ1v) is 8.69. The summed E-state index contributed by atoms with van der Waals surface area (Å²) in [6.07, 6.45) is 12.5. The SMILES string of the molecule is [CH2]Cc1cc(CCCC)c(CCCC)c(CCCC)c1. The van der Waals surface area contributed by atoms with Gasteiger partial charge in [0.2, 0.25) is 0 Å². The smallest absolute Gasteiger partial charge is 0.0274 e. The summed E-state index contributed by atoms with van der Waals surface area (Å²) in [7, 11) is 0. The van der Waals surface area contributed by atoms with E-state index in [1.807, 2.05) is 0 Å². The summed E-state index contributed by atoms with van der Waals surface area (Å²) >= 11 is 0. The lowest BCUT2D eigenvalue weighted by Gasteiger charge is -2.17. The van der Waals surface area contributed by atoms with Gasteiger partial charge >= 0.3 is 0 Å². The van der Waals surface area contributed by atoms with Gasteiger partial charge < -0.3 is 0 Å². The number of unbranched alkanes of at least 4 members (excludes halogenated alkanes) is 3. The molecule has 0 nitrogen and oxygen atoms in total. The van der Waals surface area contributed by atoms with Gasteiger partial charge in [-0.1, -0.05) is 52.2 Å². The first-order valence-electron chi connectivity index (χ1n) is 8.69. The summed E-state index contributed by atoms with van der Waals surface area (Å²) in [6.45, 7) is 11.0. The Labute approximate surface area is 127 Å². The first kappa shape index (κ1) is 17.3. The van der Waals surface area contributed by atoms with Crippen LogP contribution in [0.1, 0.15) is 81.5 Å². The van der Waals surface area contributed by atoms with Gasteiger partial charge in [0, 0.05) is 0 Å². The Morgan fingerprint density at radius 1 is 0.750 bits per heavy atom. The second-order valence-electron chi connectivity index (χ2n) is 5.95. The summed E-state index contributed by atoms with van der Waals surface area (Å²) in [4.78, 5) is 0. The molecule has 0 unspecified atom stereocenters. The van der Waals surface area contributed by atoms with Crippen LogP contribution in [-0.4, -0.2) is 0 Å². The molecule has 20 heavy (non-hydrogen) atoms. The standard InChI is InChI=1S/C20H33/c1-5-9-12-18-15-17(8-4)16-19(13-10-6-2)20(18)14-11-7-3/h15-16H,4-14H2,1-3H3. The monoisotopic (exact) mass is 273 g/mol. The van der Waals surface area contributed by atoms with Crippen LogP contribution in [0.5, 0.6) is 0 Å². The van der Waals surface area contributed by atoms with E-state index in [1.165, 1.54) is 63.4 Å². The number of benzene rings is 1. The molecule has 1 rings (SSSR count). The molecule has 1 aromatic carbocycles. The lowest BCUT2D eigenvalue weighted by Crippen LogP contribution is -2.03. The zero-order valence-corrected chi connectivity index (χ0v) is 13.9. The maximum atomic E-state index is 4.09. The van der Waals surface area contributed by atoms with Crippen LogP contribution in [0.4, 0.5) is 0 Å². The fraction of sp³-hybridized carbons (Fsp3) is 0.650. The van der Waals surface area contributed by atoms with Crippen molar-refractivity contribution in [2.45, 2.75) is 85.0 Å². The van der Waals surface area contributed by atoms with E-state index in [1.54, 1.807) is 16.7 Å². The number of hydrogen-bond donors (Lipinski definition) is 0. The summed E-state index contributed by atoms with van der Waals surface area (Å²) in [5.74, 6) is 0. The molecule has 0 aliphatic rings. The molecule has 0 amide bonds. The second kappa shape index (κ2) is 10.0. The van der Waals surface area contributed by atoms with Crippen molar-refractivity contribution in [3.8, 4) is 0 Å². The van der Waals surface area contributed by atoms with Crippen LogP contribution in [0, 0.1) is 6.92 Å². The lowest BCUT2D eigenvalue weighted by molar-refractivity contribution is 0.733. The van der Waals surface area contributed by atoms with Gasteiger partial charge in [-0.3, -0.25) is 0 Å². The quantitative estimate of drug-likeness (QED) is 0.484. The van der Waals surface area contributed by atoms with E-state index in [2.05, 4.69) is 39.8 Å². The van der Waals surface area contributed by atoms with Crippen molar-refractivity contribution in [1.82, 2.24) is 0 Å². The summed E-state index contributed by atoms with van der Waals surface area (Å²) in [6, 6.07) is 4.87. The Morgan fingerprint density at radius 3 is 1.60 bits per heavy atom. The van der Waals surface area contributed by atoms with Crippen LogP contribution in [0.2, 0.25) is 0 Å². The summed E-state index contributed by atoms with van der Waals surface area (Å²) in [5, 5.41) is 0.